The van der Waals surface area contributed by atoms with E-state index in [0.717, 1.165) is 12.1 Å². The number of nitro benzene ring substituents is 1. The summed E-state index contributed by atoms with van der Waals surface area (Å²) >= 11 is 2.83. The zero-order valence-corrected chi connectivity index (χ0v) is 10.5. The number of nitrogens with zero attached hydrogens (tertiary/aromatic N) is 2. The molecule has 1 aromatic rings. The first-order valence-electron chi connectivity index (χ1n) is 3.60. The fourth-order valence-electron chi connectivity index (χ4n) is 0.973. The molecule has 9 heteroatoms. The summed E-state index contributed by atoms with van der Waals surface area (Å²) in [4.78, 5) is 9.33. The molecule has 16 heavy (non-hydrogen) atoms. The van der Waals surface area contributed by atoms with E-state index in [9.17, 15) is 18.5 Å². The molecule has 0 atom stereocenters. The molecule has 0 saturated heterocycles. The summed E-state index contributed by atoms with van der Waals surface area (Å²) in [7, 11) is 0.963. The molecule has 0 spiro atoms. The molecular formula is C7H2BrClN2O4S. The van der Waals surface area contributed by atoms with Gasteiger partial charge in [0.05, 0.1) is 15.0 Å². The number of nitro groups is 1. The molecule has 0 aliphatic heterocycles. The quantitative estimate of drug-likeness (QED) is 0.471. The second-order valence-corrected chi connectivity index (χ2v) is 6.00. The third-order valence-corrected chi connectivity index (χ3v) is 3.63. The maximum absolute atomic E-state index is 11.1. The first-order chi connectivity index (χ1) is 7.27. The molecule has 0 aliphatic carbocycles. The number of rotatable bonds is 2. The van der Waals surface area contributed by atoms with Gasteiger partial charge in [0.25, 0.3) is 14.7 Å². The minimum atomic E-state index is -4.11. The lowest BCUT2D eigenvalue weighted by atomic mass is 10.2. The van der Waals surface area contributed by atoms with E-state index in [0.29, 0.717) is 0 Å². The van der Waals surface area contributed by atoms with Crippen LogP contribution in [0, 0.1) is 21.4 Å². The fraction of sp³-hybridized carbons (Fsp3) is 0. The van der Waals surface area contributed by atoms with Crippen LogP contribution in [0.2, 0.25) is 0 Å². The van der Waals surface area contributed by atoms with Crippen LogP contribution in [0.15, 0.2) is 21.5 Å². The molecule has 84 valence electrons. The van der Waals surface area contributed by atoms with E-state index in [2.05, 4.69) is 15.9 Å². The predicted octanol–water partition coefficient (Wildman–Crippen LogP) is 2.16. The van der Waals surface area contributed by atoms with Crippen LogP contribution >= 0.6 is 26.6 Å². The highest BCUT2D eigenvalue weighted by molar-refractivity contribution is 9.10. The molecule has 6 nitrogen and oxygen atoms in total. The molecule has 0 aromatic heterocycles. The van der Waals surface area contributed by atoms with Gasteiger partial charge in [0.2, 0.25) is 0 Å². The first kappa shape index (κ1) is 12.9. The molecule has 1 rings (SSSR count). The van der Waals surface area contributed by atoms with Crippen LogP contribution < -0.4 is 0 Å². The summed E-state index contributed by atoms with van der Waals surface area (Å²) in [5.41, 5.74) is -0.773. The Balaban J connectivity index is 3.65. The van der Waals surface area contributed by atoms with Crippen molar-refractivity contribution in [3.8, 4) is 6.07 Å². The molecule has 1 aromatic carbocycles. The molecule has 0 amide bonds. The number of hydrogen-bond donors (Lipinski definition) is 0. The van der Waals surface area contributed by atoms with Gasteiger partial charge in [0.15, 0.2) is 0 Å². The highest BCUT2D eigenvalue weighted by Gasteiger charge is 2.22. The van der Waals surface area contributed by atoms with Gasteiger partial charge in [-0.15, -0.1) is 0 Å². The van der Waals surface area contributed by atoms with Gasteiger partial charge in [-0.2, -0.15) is 5.26 Å². The van der Waals surface area contributed by atoms with E-state index in [1.165, 1.54) is 6.07 Å². The van der Waals surface area contributed by atoms with Crippen molar-refractivity contribution in [1.82, 2.24) is 0 Å². The zero-order valence-electron chi connectivity index (χ0n) is 7.35. The van der Waals surface area contributed by atoms with Crippen molar-refractivity contribution in [2.24, 2.45) is 0 Å². The maximum atomic E-state index is 11.1. The van der Waals surface area contributed by atoms with E-state index in [-0.39, 0.29) is 10.0 Å². The van der Waals surface area contributed by atoms with Crippen LogP contribution in [0.4, 0.5) is 5.69 Å². The van der Waals surface area contributed by atoms with Crippen molar-refractivity contribution >= 4 is 41.4 Å². The molecule has 0 aliphatic rings. The van der Waals surface area contributed by atoms with Gasteiger partial charge >= 0.3 is 0 Å². The van der Waals surface area contributed by atoms with E-state index in [1.807, 2.05) is 0 Å². The lowest BCUT2D eigenvalue weighted by Crippen LogP contribution is -1.98. The second kappa shape index (κ2) is 4.37. The molecule has 0 fully saturated rings. The summed E-state index contributed by atoms with van der Waals surface area (Å²) in [6, 6.07) is 3.31. The van der Waals surface area contributed by atoms with Gasteiger partial charge in [-0.05, 0) is 22.0 Å². The number of nitriles is 1. The van der Waals surface area contributed by atoms with Crippen LogP contribution in [0.25, 0.3) is 0 Å². The van der Waals surface area contributed by atoms with Crippen LogP contribution in [0.5, 0.6) is 0 Å². The van der Waals surface area contributed by atoms with Gasteiger partial charge in [-0.3, -0.25) is 10.1 Å². The molecule has 0 saturated carbocycles. The monoisotopic (exact) mass is 324 g/mol. The highest BCUT2D eigenvalue weighted by atomic mass is 79.9. The van der Waals surface area contributed by atoms with Crippen LogP contribution in [0.1, 0.15) is 5.56 Å². The molecular weight excluding hydrogens is 324 g/mol. The van der Waals surface area contributed by atoms with Crippen LogP contribution in [-0.2, 0) is 9.05 Å². The number of hydrogen-bond acceptors (Lipinski definition) is 5. The van der Waals surface area contributed by atoms with Gasteiger partial charge in [-0.25, -0.2) is 8.42 Å². The van der Waals surface area contributed by atoms with Gasteiger partial charge in [0.1, 0.15) is 11.0 Å². The topological polar surface area (TPSA) is 101 Å². The minimum absolute atomic E-state index is 0.0595. The lowest BCUT2D eigenvalue weighted by molar-refractivity contribution is -0.385. The summed E-state index contributed by atoms with van der Waals surface area (Å²) in [5, 5.41) is 19.2. The number of benzene rings is 1. The lowest BCUT2D eigenvalue weighted by Gasteiger charge is -2.01. The van der Waals surface area contributed by atoms with Crippen molar-refractivity contribution in [3.05, 3.63) is 32.3 Å². The van der Waals surface area contributed by atoms with Crippen molar-refractivity contribution in [3.63, 3.8) is 0 Å². The Hall–Kier alpha value is -1.17. The van der Waals surface area contributed by atoms with Crippen molar-refractivity contribution in [1.29, 1.82) is 5.26 Å². The van der Waals surface area contributed by atoms with Crippen molar-refractivity contribution < 1.29 is 13.3 Å². The summed E-state index contributed by atoms with van der Waals surface area (Å²) in [6.07, 6.45) is 0. The minimum Gasteiger partial charge on any atom is -0.258 e. The van der Waals surface area contributed by atoms with Gasteiger partial charge in [0, 0.05) is 16.7 Å². The summed E-state index contributed by atoms with van der Waals surface area (Å²) in [6.45, 7) is 0. The Morgan fingerprint density at radius 2 is 2.06 bits per heavy atom. The standard InChI is InChI=1S/C7H2BrClN2O4S/c8-5-2-7(16(9,14)15)4(3-10)1-6(5)11(12)13/h1-2H. The Bertz CT molecular complexity index is 608. The first-order valence-corrected chi connectivity index (χ1v) is 6.70. The molecule has 0 radical (unpaired) electrons. The van der Waals surface area contributed by atoms with Crippen LogP contribution in [-0.4, -0.2) is 13.3 Å². The van der Waals surface area contributed by atoms with E-state index >= 15 is 0 Å². The Morgan fingerprint density at radius 3 is 2.44 bits per heavy atom. The SMILES string of the molecule is N#Cc1cc([N+](=O)[O-])c(Br)cc1S(=O)(=O)Cl. The van der Waals surface area contributed by atoms with Crippen LogP contribution in [0.3, 0.4) is 0 Å². The average Bonchev–Trinajstić information content (AvgIpc) is 2.15. The molecule has 0 unspecified atom stereocenters. The molecule has 0 N–H and O–H groups in total. The van der Waals surface area contributed by atoms with Gasteiger partial charge < -0.3 is 0 Å². The third-order valence-electron chi connectivity index (χ3n) is 1.63. The maximum Gasteiger partial charge on any atom is 0.284 e. The van der Waals surface area contributed by atoms with Gasteiger partial charge in [-0.1, -0.05) is 0 Å². The molecule has 0 bridgehead atoms. The van der Waals surface area contributed by atoms with E-state index in [4.69, 9.17) is 15.9 Å². The van der Waals surface area contributed by atoms with Crippen molar-refractivity contribution in [2.75, 3.05) is 0 Å². The zero-order chi connectivity index (χ0) is 12.5. The Kier molecular flexibility index (Phi) is 3.52. The van der Waals surface area contributed by atoms with E-state index in [1.54, 1.807) is 0 Å². The molecule has 0 heterocycles. The van der Waals surface area contributed by atoms with E-state index < -0.39 is 24.6 Å². The Morgan fingerprint density at radius 1 is 1.50 bits per heavy atom. The Labute approximate surface area is 103 Å². The smallest absolute Gasteiger partial charge is 0.258 e. The largest absolute Gasteiger partial charge is 0.284 e. The summed E-state index contributed by atoms with van der Waals surface area (Å²) in [5.74, 6) is 0. The predicted molar refractivity (Wildman–Crippen MR) is 58.6 cm³/mol. The third kappa shape index (κ3) is 2.49. The fourth-order valence-corrected chi connectivity index (χ4v) is 2.62. The summed E-state index contributed by atoms with van der Waals surface area (Å²) < 4.78 is 22.1. The highest BCUT2D eigenvalue weighted by Crippen LogP contribution is 2.31. The second-order valence-electron chi connectivity index (χ2n) is 2.61. The number of halogens is 2. The van der Waals surface area contributed by atoms with Crippen molar-refractivity contribution in [2.45, 2.75) is 4.90 Å². The normalized spacial score (nSPS) is 10.8. The average molecular weight is 326 g/mol.